The second kappa shape index (κ2) is 10.6. The van der Waals surface area contributed by atoms with Crippen molar-refractivity contribution in [2.24, 2.45) is 11.8 Å². The van der Waals surface area contributed by atoms with E-state index in [4.69, 9.17) is 19.4 Å². The Kier molecular flexibility index (Phi) is 7.93. The van der Waals surface area contributed by atoms with E-state index in [1.54, 1.807) is 7.11 Å². The number of rotatable bonds is 5. The average molecular weight is 421 g/mol. The van der Waals surface area contributed by atoms with Crippen LogP contribution in [0.1, 0.15) is 25.7 Å². The number of benzene rings is 1. The van der Waals surface area contributed by atoms with E-state index >= 15 is 0 Å². The number of aliphatic hydroxyl groups excluding tert-OH is 1. The molecule has 30 heavy (non-hydrogen) atoms. The molecule has 4 atom stereocenters. The van der Waals surface area contributed by atoms with Crippen LogP contribution in [0.5, 0.6) is 11.5 Å². The number of likely N-dealkylation sites (tertiary alicyclic amines) is 1. The highest BCUT2D eigenvalue weighted by Gasteiger charge is 2.47. The number of hydrogen-bond donors (Lipinski definition) is 2. The van der Waals surface area contributed by atoms with Gasteiger partial charge in [-0.1, -0.05) is 18.6 Å². The summed E-state index contributed by atoms with van der Waals surface area (Å²) in [6, 6.07) is 8.10. The van der Waals surface area contributed by atoms with E-state index in [2.05, 4.69) is 4.90 Å². The predicted octanol–water partition coefficient (Wildman–Crippen LogP) is 1.47. The van der Waals surface area contributed by atoms with Gasteiger partial charge in [0, 0.05) is 25.2 Å². The monoisotopic (exact) mass is 420 g/mol. The Bertz CT molecular complexity index is 701. The first-order valence-corrected chi connectivity index (χ1v) is 10.6. The van der Waals surface area contributed by atoms with Crippen LogP contribution in [0.3, 0.4) is 0 Å². The first-order valence-electron chi connectivity index (χ1n) is 10.6. The molecule has 8 heteroatoms. The summed E-state index contributed by atoms with van der Waals surface area (Å²) in [6.45, 7) is 2.59. The molecule has 166 valence electrons. The highest BCUT2D eigenvalue weighted by Crippen LogP contribution is 2.41. The lowest BCUT2D eigenvalue weighted by Gasteiger charge is -2.56. The molecule has 0 unspecified atom stereocenters. The molecule has 0 aromatic heterocycles. The summed E-state index contributed by atoms with van der Waals surface area (Å²) < 4.78 is 11.0. The van der Waals surface area contributed by atoms with Gasteiger partial charge in [0.05, 0.1) is 13.7 Å². The Morgan fingerprint density at radius 1 is 1.20 bits per heavy atom. The van der Waals surface area contributed by atoms with E-state index in [1.807, 2.05) is 29.2 Å². The van der Waals surface area contributed by atoms with Crippen LogP contribution < -0.4 is 9.47 Å². The van der Waals surface area contributed by atoms with E-state index in [9.17, 15) is 9.90 Å². The molecule has 3 aliphatic rings. The third-order valence-corrected chi connectivity index (χ3v) is 6.58. The fraction of sp³-hybridized carbons (Fsp3) is 0.636. The minimum Gasteiger partial charge on any atom is -0.493 e. The largest absolute Gasteiger partial charge is 0.493 e. The van der Waals surface area contributed by atoms with E-state index in [-0.39, 0.29) is 31.6 Å². The Morgan fingerprint density at radius 3 is 2.60 bits per heavy atom. The van der Waals surface area contributed by atoms with Gasteiger partial charge >= 0.3 is 0 Å². The second-order valence-corrected chi connectivity index (χ2v) is 8.15. The van der Waals surface area contributed by atoms with E-state index < -0.39 is 0 Å². The van der Waals surface area contributed by atoms with Crippen LogP contribution in [0.15, 0.2) is 24.3 Å². The number of ether oxygens (including phenoxy) is 2. The zero-order valence-electron chi connectivity index (χ0n) is 17.5. The number of piperidine rings is 3. The van der Waals surface area contributed by atoms with Crippen molar-refractivity contribution in [3.05, 3.63) is 24.3 Å². The third-order valence-electron chi connectivity index (χ3n) is 6.58. The zero-order chi connectivity index (χ0) is 21.5. The molecule has 4 rings (SSSR count). The highest BCUT2D eigenvalue weighted by molar-refractivity contribution is 5.78. The molecule has 0 spiro atoms. The molecule has 0 radical (unpaired) electrons. The van der Waals surface area contributed by atoms with Gasteiger partial charge in [-0.05, 0) is 49.8 Å². The standard InChI is InChI=1S/C21H30N2O4.CH2O2/c1-26-19-7-2-3-8-20(19)27-14-21(25)22-11-15-10-16(12-22)18(13-24)23-9-5-4-6-17(15)23;2-1-3/h2-3,7-8,15-18,24H,4-6,9-14H2,1H3;1H,(H,2,3)/t15-,16+,17+,18+;/m1./s1. The number of amides is 1. The van der Waals surface area contributed by atoms with Crippen molar-refractivity contribution in [2.75, 3.05) is 40.0 Å². The van der Waals surface area contributed by atoms with Crippen molar-refractivity contribution in [2.45, 2.75) is 37.8 Å². The van der Waals surface area contributed by atoms with Crippen molar-refractivity contribution in [3.63, 3.8) is 0 Å². The molecule has 1 aromatic carbocycles. The van der Waals surface area contributed by atoms with Gasteiger partial charge in [0.25, 0.3) is 12.4 Å². The summed E-state index contributed by atoms with van der Waals surface area (Å²) in [4.78, 5) is 25.7. The third kappa shape index (κ3) is 4.87. The number of fused-ring (bicyclic) bond motifs is 4. The minimum absolute atomic E-state index is 0.0246. The van der Waals surface area contributed by atoms with Gasteiger partial charge in [0.1, 0.15) is 0 Å². The van der Waals surface area contributed by atoms with Crippen molar-refractivity contribution in [3.8, 4) is 11.5 Å². The topological polar surface area (TPSA) is 99.5 Å². The lowest BCUT2D eigenvalue weighted by Crippen LogP contribution is -2.65. The SMILES string of the molecule is COc1ccccc1OCC(=O)N1C[C@H]2C[C@@H](C1)[C@H](CO)N1CCCC[C@@H]21.O=CO. The molecule has 3 fully saturated rings. The first kappa shape index (κ1) is 22.4. The maximum Gasteiger partial charge on any atom is 0.290 e. The lowest BCUT2D eigenvalue weighted by molar-refractivity contribution is -0.144. The van der Waals surface area contributed by atoms with Gasteiger partial charge in [-0.15, -0.1) is 0 Å². The molecule has 0 saturated carbocycles. The lowest BCUT2D eigenvalue weighted by atomic mass is 9.72. The van der Waals surface area contributed by atoms with E-state index in [0.29, 0.717) is 29.4 Å². The molecule has 8 nitrogen and oxygen atoms in total. The highest BCUT2D eigenvalue weighted by atomic mass is 16.5. The minimum atomic E-state index is -0.250. The Hall–Kier alpha value is -2.32. The number of carboxylic acid groups (broad SMARTS) is 1. The normalized spacial score (nSPS) is 27.9. The number of aliphatic hydroxyl groups is 1. The summed E-state index contributed by atoms with van der Waals surface area (Å²) in [5.41, 5.74) is 0. The maximum absolute atomic E-state index is 12.8. The molecule has 1 aromatic rings. The maximum atomic E-state index is 12.8. The molecule has 2 N–H and O–H groups in total. The van der Waals surface area contributed by atoms with Gasteiger partial charge in [0.15, 0.2) is 18.1 Å². The Balaban J connectivity index is 0.000000806. The molecular weight excluding hydrogens is 388 g/mol. The number of para-hydroxylation sites is 2. The zero-order valence-corrected chi connectivity index (χ0v) is 17.5. The molecule has 1 amide bonds. The number of methoxy groups -OCH3 is 1. The van der Waals surface area contributed by atoms with Crippen molar-refractivity contribution in [1.82, 2.24) is 9.80 Å². The molecule has 3 heterocycles. The molecular formula is C22H32N2O6. The summed E-state index contributed by atoms with van der Waals surface area (Å²) in [7, 11) is 1.60. The van der Waals surface area contributed by atoms with Gasteiger partial charge < -0.3 is 24.6 Å². The van der Waals surface area contributed by atoms with Crippen LogP contribution in [-0.4, -0.2) is 84.4 Å². The molecule has 0 aliphatic carbocycles. The van der Waals surface area contributed by atoms with Gasteiger partial charge in [-0.3, -0.25) is 14.5 Å². The first-order chi connectivity index (χ1) is 14.6. The quantitative estimate of drug-likeness (QED) is 0.696. The fourth-order valence-electron chi connectivity index (χ4n) is 5.33. The summed E-state index contributed by atoms with van der Waals surface area (Å²) in [5, 5.41) is 16.9. The van der Waals surface area contributed by atoms with Crippen molar-refractivity contribution < 1.29 is 29.3 Å². The summed E-state index contributed by atoms with van der Waals surface area (Å²) >= 11 is 0. The molecule has 3 aliphatic heterocycles. The number of carbonyl (C=O) groups is 2. The predicted molar refractivity (Wildman–Crippen MR) is 111 cm³/mol. The van der Waals surface area contributed by atoms with Crippen molar-refractivity contribution >= 4 is 12.4 Å². The number of nitrogens with zero attached hydrogens (tertiary/aromatic N) is 2. The fourth-order valence-corrected chi connectivity index (χ4v) is 5.33. The second-order valence-electron chi connectivity index (χ2n) is 8.15. The summed E-state index contributed by atoms with van der Waals surface area (Å²) in [5.74, 6) is 2.13. The van der Waals surface area contributed by atoms with Gasteiger partial charge in [-0.25, -0.2) is 0 Å². The van der Waals surface area contributed by atoms with Crippen LogP contribution in [0.25, 0.3) is 0 Å². The van der Waals surface area contributed by atoms with E-state index in [0.717, 1.165) is 26.1 Å². The van der Waals surface area contributed by atoms with Crippen LogP contribution in [0.2, 0.25) is 0 Å². The van der Waals surface area contributed by atoms with Crippen LogP contribution in [-0.2, 0) is 9.59 Å². The number of carbonyl (C=O) groups excluding carboxylic acids is 1. The summed E-state index contributed by atoms with van der Waals surface area (Å²) in [6.07, 6.45) is 4.80. The molecule has 2 bridgehead atoms. The Morgan fingerprint density at radius 2 is 1.90 bits per heavy atom. The van der Waals surface area contributed by atoms with Crippen molar-refractivity contribution in [1.29, 1.82) is 0 Å². The smallest absolute Gasteiger partial charge is 0.290 e. The van der Waals surface area contributed by atoms with Gasteiger partial charge in [-0.2, -0.15) is 0 Å². The molecule has 3 saturated heterocycles. The van der Waals surface area contributed by atoms with E-state index in [1.165, 1.54) is 19.3 Å². The average Bonchev–Trinajstić information content (AvgIpc) is 2.78. The van der Waals surface area contributed by atoms with Gasteiger partial charge in [0.2, 0.25) is 0 Å². The Labute approximate surface area is 177 Å². The van der Waals surface area contributed by atoms with Crippen LogP contribution in [0.4, 0.5) is 0 Å². The number of hydrogen-bond acceptors (Lipinski definition) is 6. The van der Waals surface area contributed by atoms with Crippen LogP contribution in [0, 0.1) is 11.8 Å². The van der Waals surface area contributed by atoms with Crippen LogP contribution >= 0.6 is 0 Å².